The summed E-state index contributed by atoms with van der Waals surface area (Å²) in [7, 11) is 0. The zero-order chi connectivity index (χ0) is 25.9. The fourth-order valence-corrected chi connectivity index (χ4v) is 5.54. The minimum atomic E-state index is -0.490. The molecule has 188 valence electrons. The van der Waals surface area contributed by atoms with E-state index in [4.69, 9.17) is 27.9 Å². The Kier molecular flexibility index (Phi) is 7.55. The van der Waals surface area contributed by atoms with E-state index in [2.05, 4.69) is 6.07 Å². The first-order valence-electron chi connectivity index (χ1n) is 11.6. The number of benzene rings is 3. The monoisotopic (exact) mass is 552 g/mol. The standard InChI is InChI=1S/C28H22Cl2N2O4S/c29-22-10-9-21(23(30)14-22)17-36-24-8-4-3-6-19(24)13-25-27(34)32(28(35)37-25)16-26(33)31-12-11-18-5-1-2-7-20(18)15-31/h1-10,13-14H,11-12,15-17H2/b25-13+. The number of thioether (sulfide) groups is 1. The van der Waals surface area contributed by atoms with Crippen LogP contribution in [0.2, 0.25) is 10.0 Å². The fourth-order valence-electron chi connectivity index (χ4n) is 4.25. The van der Waals surface area contributed by atoms with Crippen LogP contribution in [-0.2, 0) is 29.2 Å². The van der Waals surface area contributed by atoms with Crippen LogP contribution in [0.1, 0.15) is 22.3 Å². The maximum atomic E-state index is 13.1. The van der Waals surface area contributed by atoms with Gasteiger partial charge in [-0.3, -0.25) is 19.3 Å². The van der Waals surface area contributed by atoms with Crippen LogP contribution in [0.4, 0.5) is 4.79 Å². The Hall–Kier alpha value is -3.26. The molecule has 0 aromatic heterocycles. The van der Waals surface area contributed by atoms with Crippen molar-refractivity contribution < 1.29 is 19.1 Å². The Morgan fingerprint density at radius 2 is 1.76 bits per heavy atom. The van der Waals surface area contributed by atoms with Gasteiger partial charge in [-0.15, -0.1) is 0 Å². The zero-order valence-electron chi connectivity index (χ0n) is 19.7. The van der Waals surface area contributed by atoms with E-state index < -0.39 is 11.1 Å². The summed E-state index contributed by atoms with van der Waals surface area (Å²) in [6.45, 7) is 0.959. The molecular formula is C28H22Cl2N2O4S. The summed E-state index contributed by atoms with van der Waals surface area (Å²) in [4.78, 5) is 41.6. The van der Waals surface area contributed by atoms with Crippen LogP contribution >= 0.6 is 35.0 Å². The molecule has 37 heavy (non-hydrogen) atoms. The molecule has 0 N–H and O–H groups in total. The molecule has 1 saturated heterocycles. The molecule has 3 aromatic carbocycles. The van der Waals surface area contributed by atoms with Gasteiger partial charge in [-0.25, -0.2) is 0 Å². The molecule has 0 atom stereocenters. The first kappa shape index (κ1) is 25.4. The van der Waals surface area contributed by atoms with Crippen molar-refractivity contribution in [3.8, 4) is 5.75 Å². The molecule has 2 heterocycles. The fraction of sp³-hybridized carbons (Fsp3) is 0.179. The van der Waals surface area contributed by atoms with Crippen LogP contribution in [0.15, 0.2) is 71.6 Å². The first-order chi connectivity index (χ1) is 17.9. The topological polar surface area (TPSA) is 66.9 Å². The first-order valence-corrected chi connectivity index (χ1v) is 13.2. The third-order valence-electron chi connectivity index (χ3n) is 6.25. The molecule has 6 nitrogen and oxygen atoms in total. The van der Waals surface area contributed by atoms with Gasteiger partial charge in [0.15, 0.2) is 0 Å². The molecule has 3 aromatic rings. The van der Waals surface area contributed by atoms with Crippen molar-refractivity contribution in [3.63, 3.8) is 0 Å². The molecule has 0 spiro atoms. The van der Waals surface area contributed by atoms with Gasteiger partial charge in [-0.2, -0.15) is 0 Å². The number of imide groups is 1. The molecule has 1 fully saturated rings. The lowest BCUT2D eigenvalue weighted by Crippen LogP contribution is -2.44. The van der Waals surface area contributed by atoms with E-state index in [0.717, 1.165) is 34.2 Å². The lowest BCUT2D eigenvalue weighted by atomic mass is 10.00. The van der Waals surface area contributed by atoms with Crippen LogP contribution in [-0.4, -0.2) is 39.9 Å². The van der Waals surface area contributed by atoms with Crippen molar-refractivity contribution in [2.24, 2.45) is 0 Å². The number of amides is 3. The summed E-state index contributed by atoms with van der Waals surface area (Å²) in [5.41, 5.74) is 3.71. The minimum Gasteiger partial charge on any atom is -0.488 e. The van der Waals surface area contributed by atoms with Crippen molar-refractivity contribution >= 4 is 58.1 Å². The van der Waals surface area contributed by atoms with Gasteiger partial charge in [0.25, 0.3) is 11.1 Å². The number of rotatable bonds is 6. The predicted octanol–water partition coefficient (Wildman–Crippen LogP) is 6.19. The summed E-state index contributed by atoms with van der Waals surface area (Å²) in [6, 6.07) is 20.4. The minimum absolute atomic E-state index is 0.204. The SMILES string of the molecule is O=C(CN1C(=O)S/C(=C/c2ccccc2OCc2ccc(Cl)cc2Cl)C1=O)N1CCc2ccccc2C1. The second-order valence-corrected chi connectivity index (χ2v) is 10.5. The maximum absolute atomic E-state index is 13.1. The molecule has 5 rings (SSSR count). The highest BCUT2D eigenvalue weighted by molar-refractivity contribution is 8.18. The molecular weight excluding hydrogens is 531 g/mol. The molecule has 9 heteroatoms. The van der Waals surface area contributed by atoms with Crippen molar-refractivity contribution in [1.29, 1.82) is 0 Å². The van der Waals surface area contributed by atoms with E-state index in [1.54, 1.807) is 41.3 Å². The number of para-hydroxylation sites is 1. The predicted molar refractivity (Wildman–Crippen MR) is 145 cm³/mol. The van der Waals surface area contributed by atoms with E-state index in [1.165, 1.54) is 5.56 Å². The quantitative estimate of drug-likeness (QED) is 0.341. The van der Waals surface area contributed by atoms with E-state index >= 15 is 0 Å². The van der Waals surface area contributed by atoms with Gasteiger partial charge in [-0.1, -0.05) is 71.7 Å². The number of ether oxygens (including phenoxy) is 1. The molecule has 0 radical (unpaired) electrons. The Morgan fingerprint density at radius 3 is 2.57 bits per heavy atom. The molecule has 0 aliphatic carbocycles. The van der Waals surface area contributed by atoms with Gasteiger partial charge in [0, 0.05) is 34.3 Å². The molecule has 3 amide bonds. The van der Waals surface area contributed by atoms with Crippen LogP contribution in [0.3, 0.4) is 0 Å². The number of carbonyl (C=O) groups excluding carboxylic acids is 3. The highest BCUT2D eigenvalue weighted by Crippen LogP contribution is 2.34. The molecule has 0 bridgehead atoms. The van der Waals surface area contributed by atoms with Crippen molar-refractivity contribution in [1.82, 2.24) is 9.80 Å². The van der Waals surface area contributed by atoms with Crippen LogP contribution < -0.4 is 4.74 Å². The average molecular weight is 553 g/mol. The third kappa shape index (κ3) is 5.69. The van der Waals surface area contributed by atoms with E-state index in [9.17, 15) is 14.4 Å². The lowest BCUT2D eigenvalue weighted by Gasteiger charge is -2.29. The van der Waals surface area contributed by atoms with E-state index in [0.29, 0.717) is 34.4 Å². The van der Waals surface area contributed by atoms with Gasteiger partial charge >= 0.3 is 0 Å². The molecule has 0 saturated carbocycles. The van der Waals surface area contributed by atoms with Gasteiger partial charge in [0.2, 0.25) is 5.91 Å². The van der Waals surface area contributed by atoms with Gasteiger partial charge < -0.3 is 9.64 Å². The van der Waals surface area contributed by atoms with Crippen molar-refractivity contribution in [2.45, 2.75) is 19.6 Å². The van der Waals surface area contributed by atoms with Crippen LogP contribution in [0, 0.1) is 0 Å². The number of fused-ring (bicyclic) bond motifs is 1. The van der Waals surface area contributed by atoms with Gasteiger partial charge in [0.1, 0.15) is 18.9 Å². The zero-order valence-corrected chi connectivity index (χ0v) is 22.0. The highest BCUT2D eigenvalue weighted by atomic mass is 35.5. The summed E-state index contributed by atoms with van der Waals surface area (Å²) in [5, 5.41) is 0.565. The Morgan fingerprint density at radius 1 is 1.00 bits per heavy atom. The molecule has 2 aliphatic rings. The van der Waals surface area contributed by atoms with Gasteiger partial charge in [0.05, 0.1) is 4.91 Å². The third-order valence-corrected chi connectivity index (χ3v) is 7.75. The lowest BCUT2D eigenvalue weighted by molar-refractivity contribution is -0.136. The summed E-state index contributed by atoms with van der Waals surface area (Å²) in [5.74, 6) is -0.207. The number of hydrogen-bond donors (Lipinski definition) is 0. The Balaban J connectivity index is 1.27. The Labute approximate surface area is 228 Å². The average Bonchev–Trinajstić information content (AvgIpc) is 3.16. The smallest absolute Gasteiger partial charge is 0.294 e. The number of hydrogen-bond acceptors (Lipinski definition) is 5. The van der Waals surface area contributed by atoms with E-state index in [-0.39, 0.29) is 24.0 Å². The van der Waals surface area contributed by atoms with Gasteiger partial charge in [-0.05, 0) is 53.6 Å². The van der Waals surface area contributed by atoms with Crippen LogP contribution in [0.5, 0.6) is 5.75 Å². The van der Waals surface area contributed by atoms with E-state index in [1.807, 2.05) is 30.3 Å². The summed E-state index contributed by atoms with van der Waals surface area (Å²) >= 11 is 13.0. The number of nitrogens with zero attached hydrogens (tertiary/aromatic N) is 2. The second-order valence-electron chi connectivity index (χ2n) is 8.66. The Bertz CT molecular complexity index is 1420. The van der Waals surface area contributed by atoms with Crippen molar-refractivity contribution in [2.75, 3.05) is 13.1 Å². The summed E-state index contributed by atoms with van der Waals surface area (Å²) < 4.78 is 5.96. The molecule has 2 aliphatic heterocycles. The highest BCUT2D eigenvalue weighted by Gasteiger charge is 2.37. The maximum Gasteiger partial charge on any atom is 0.294 e. The largest absolute Gasteiger partial charge is 0.488 e. The summed E-state index contributed by atoms with van der Waals surface area (Å²) in [6.07, 6.45) is 2.37. The van der Waals surface area contributed by atoms with Crippen LogP contribution in [0.25, 0.3) is 6.08 Å². The molecule has 0 unspecified atom stereocenters. The normalized spacial score (nSPS) is 16.3. The second kappa shape index (κ2) is 11.0. The van der Waals surface area contributed by atoms with Crippen molar-refractivity contribution in [3.05, 3.63) is 104 Å². The number of halogens is 2. The number of carbonyl (C=O) groups is 3.